The number of hydrogen-bond acceptors (Lipinski definition) is 4. The maximum absolute atomic E-state index is 0. The third-order valence-electron chi connectivity index (χ3n) is 0. The average molecular weight is 188 g/mol. The van der Waals surface area contributed by atoms with Crippen LogP contribution in [0.5, 0.6) is 0 Å². The van der Waals surface area contributed by atoms with Gasteiger partial charge >= 0.3 is 36.5 Å². The fourth-order valence-corrected chi connectivity index (χ4v) is 0. The third kappa shape index (κ3) is 81.8. The van der Waals surface area contributed by atoms with Gasteiger partial charge in [-0.25, -0.2) is 0 Å². The van der Waals surface area contributed by atoms with Gasteiger partial charge in [0, 0.05) is 0 Å². The van der Waals surface area contributed by atoms with Crippen molar-refractivity contribution in [1.29, 1.82) is 0 Å². The predicted octanol–water partition coefficient (Wildman–Crippen LogP) is -0.712. The van der Waals surface area contributed by atoms with Gasteiger partial charge < -0.3 is 21.9 Å². The van der Waals surface area contributed by atoms with Crippen molar-refractivity contribution in [2.45, 2.75) is 0 Å². The van der Waals surface area contributed by atoms with Gasteiger partial charge in [-0.2, -0.15) is 0 Å². The van der Waals surface area contributed by atoms with Crippen molar-refractivity contribution in [1.82, 2.24) is 0 Å². The van der Waals surface area contributed by atoms with E-state index in [0.29, 0.717) is 0 Å². The largest absolute Gasteiger partial charge is 2.00 e. The summed E-state index contributed by atoms with van der Waals surface area (Å²) in [5, 5.41) is 0. The SMILES string of the molecule is [Mn+2].[OH-].[OH-].[OH-].[OH-].[Zn+2]. The minimum atomic E-state index is 0. The van der Waals surface area contributed by atoms with Crippen LogP contribution in [0.25, 0.3) is 0 Å². The van der Waals surface area contributed by atoms with E-state index < -0.39 is 0 Å². The Bertz CT molecular complexity index is 7.51. The summed E-state index contributed by atoms with van der Waals surface area (Å²) in [7, 11) is 0. The Morgan fingerprint density at radius 3 is 0.500 bits per heavy atom. The molecular weight excluding hydrogens is 184 g/mol. The van der Waals surface area contributed by atoms with E-state index in [1.165, 1.54) is 0 Å². The summed E-state index contributed by atoms with van der Waals surface area (Å²) in [6.45, 7) is 0. The van der Waals surface area contributed by atoms with Crippen LogP contribution in [0.2, 0.25) is 0 Å². The van der Waals surface area contributed by atoms with Crippen molar-refractivity contribution >= 4 is 0 Å². The molecule has 0 aliphatic rings. The fraction of sp³-hybridized carbons (Fsp3) is 0. The molecule has 0 amide bonds. The van der Waals surface area contributed by atoms with Gasteiger partial charge in [-0.15, -0.1) is 0 Å². The molecule has 0 saturated heterocycles. The van der Waals surface area contributed by atoms with Crippen molar-refractivity contribution in [2.24, 2.45) is 0 Å². The molecule has 0 atom stereocenters. The van der Waals surface area contributed by atoms with Crippen LogP contribution in [-0.4, -0.2) is 21.9 Å². The molecule has 6 heteroatoms. The van der Waals surface area contributed by atoms with Gasteiger partial charge in [-0.1, -0.05) is 0 Å². The monoisotopic (exact) mass is 187 g/mol. The smallest absolute Gasteiger partial charge is 0.870 e. The van der Waals surface area contributed by atoms with Gasteiger partial charge in [0.2, 0.25) is 0 Å². The topological polar surface area (TPSA) is 120 Å². The van der Waals surface area contributed by atoms with Crippen LogP contribution in [-0.2, 0) is 36.5 Å². The van der Waals surface area contributed by atoms with Crippen molar-refractivity contribution < 1.29 is 58.5 Å². The first-order chi connectivity index (χ1) is 0. The summed E-state index contributed by atoms with van der Waals surface area (Å²) in [4.78, 5) is 0. The molecule has 6 heavy (non-hydrogen) atoms. The van der Waals surface area contributed by atoms with Gasteiger partial charge in [0.05, 0.1) is 0 Å². The van der Waals surface area contributed by atoms with Crippen molar-refractivity contribution in [3.63, 3.8) is 0 Å². The van der Waals surface area contributed by atoms with E-state index in [1.54, 1.807) is 0 Å². The zero-order valence-electron chi connectivity index (χ0n) is 2.87. The van der Waals surface area contributed by atoms with E-state index in [4.69, 9.17) is 0 Å². The van der Waals surface area contributed by atoms with E-state index in [-0.39, 0.29) is 58.5 Å². The molecule has 0 fully saturated rings. The first-order valence-corrected chi connectivity index (χ1v) is 0. The standard InChI is InChI=1S/Mn.4H2O.Zn/h;4*1H2;/q+2;;;;;+2/p-4. The molecule has 0 saturated carbocycles. The first kappa shape index (κ1) is 259. The van der Waals surface area contributed by atoms with E-state index in [1.807, 2.05) is 0 Å². The maximum atomic E-state index is 0. The summed E-state index contributed by atoms with van der Waals surface area (Å²) in [5.74, 6) is 0. The van der Waals surface area contributed by atoms with Crippen molar-refractivity contribution in [2.75, 3.05) is 0 Å². The normalized spacial score (nSPS) is 0. The second kappa shape index (κ2) is 154. The van der Waals surface area contributed by atoms with E-state index >= 15 is 0 Å². The van der Waals surface area contributed by atoms with Gasteiger partial charge in [-0.3, -0.25) is 0 Å². The zero-order chi connectivity index (χ0) is 0. The molecule has 0 spiro atoms. The predicted molar refractivity (Wildman–Crippen MR) is 7.74 cm³/mol. The first-order valence-electron chi connectivity index (χ1n) is 0. The molecule has 0 unspecified atom stereocenters. The molecule has 0 aliphatic heterocycles. The zero-order valence-corrected chi connectivity index (χ0v) is 7.02. The van der Waals surface area contributed by atoms with Crippen LogP contribution in [0.15, 0.2) is 0 Å². The Kier molecular flexibility index (Phi) is 6630. The van der Waals surface area contributed by atoms with Crippen LogP contribution < -0.4 is 0 Å². The van der Waals surface area contributed by atoms with Crippen molar-refractivity contribution in [3.05, 3.63) is 0 Å². The molecule has 0 aromatic carbocycles. The van der Waals surface area contributed by atoms with Crippen LogP contribution in [0.1, 0.15) is 0 Å². The summed E-state index contributed by atoms with van der Waals surface area (Å²) in [6, 6.07) is 0. The number of rotatable bonds is 0. The molecule has 4 N–H and O–H groups in total. The molecule has 4 nitrogen and oxygen atoms in total. The molecule has 0 rings (SSSR count). The van der Waals surface area contributed by atoms with Crippen LogP contribution in [0, 0.1) is 0 Å². The van der Waals surface area contributed by atoms with E-state index in [2.05, 4.69) is 0 Å². The molecule has 0 aliphatic carbocycles. The Morgan fingerprint density at radius 2 is 0.500 bits per heavy atom. The van der Waals surface area contributed by atoms with Gasteiger partial charge in [0.1, 0.15) is 0 Å². The molecular formula is H4MnO4Zn. The second-order valence-electron chi connectivity index (χ2n) is 0. The van der Waals surface area contributed by atoms with Gasteiger partial charge in [-0.05, 0) is 0 Å². The summed E-state index contributed by atoms with van der Waals surface area (Å²) in [6.07, 6.45) is 0. The van der Waals surface area contributed by atoms with E-state index in [0.717, 1.165) is 0 Å². The Hall–Kier alpha value is 0.983. The number of hydrogen-bond donors (Lipinski definition) is 0. The quantitative estimate of drug-likeness (QED) is 0.466. The molecule has 1 radical (unpaired) electrons. The minimum absolute atomic E-state index is 0. The Balaban J connectivity index is 0. The molecule has 0 aromatic rings. The van der Waals surface area contributed by atoms with Gasteiger partial charge in [0.15, 0.2) is 0 Å². The summed E-state index contributed by atoms with van der Waals surface area (Å²) in [5.41, 5.74) is 0. The maximum Gasteiger partial charge on any atom is 2.00 e. The minimum Gasteiger partial charge on any atom is -0.870 e. The van der Waals surface area contributed by atoms with Crippen LogP contribution >= 0.6 is 0 Å². The molecule has 0 heterocycles. The fourth-order valence-electron chi connectivity index (χ4n) is 0. The third-order valence-corrected chi connectivity index (χ3v) is 0. The molecule has 0 bridgehead atoms. The molecule has 0 aromatic heterocycles. The Labute approximate surface area is 58.8 Å². The van der Waals surface area contributed by atoms with Crippen LogP contribution in [0.4, 0.5) is 0 Å². The van der Waals surface area contributed by atoms with Gasteiger partial charge in [0.25, 0.3) is 0 Å². The second-order valence-corrected chi connectivity index (χ2v) is 0. The summed E-state index contributed by atoms with van der Waals surface area (Å²) >= 11 is 0. The Morgan fingerprint density at radius 1 is 0.500 bits per heavy atom. The summed E-state index contributed by atoms with van der Waals surface area (Å²) < 4.78 is 0. The van der Waals surface area contributed by atoms with Crippen LogP contribution in [0.3, 0.4) is 0 Å². The average Bonchev–Trinajstić information content (AvgIpc) is 0. The van der Waals surface area contributed by atoms with Crippen molar-refractivity contribution in [3.8, 4) is 0 Å². The molecule has 37 valence electrons. The van der Waals surface area contributed by atoms with E-state index in [9.17, 15) is 0 Å².